The van der Waals surface area contributed by atoms with Crippen LogP contribution in [0.2, 0.25) is 15.1 Å². The van der Waals surface area contributed by atoms with Gasteiger partial charge in [-0.1, -0.05) is 34.8 Å². The number of nitrogens with one attached hydrogen (secondary N) is 2. The molecule has 7 heteroatoms. The maximum Gasteiger partial charge on any atom is 0.256 e. The molecule has 1 aromatic carbocycles. The van der Waals surface area contributed by atoms with Crippen molar-refractivity contribution < 1.29 is 0 Å². The van der Waals surface area contributed by atoms with Gasteiger partial charge in [0.15, 0.2) is 0 Å². The summed E-state index contributed by atoms with van der Waals surface area (Å²) in [5.74, 6) is 0.580. The highest BCUT2D eigenvalue weighted by Crippen LogP contribution is 2.35. The first kappa shape index (κ1) is 16.1. The summed E-state index contributed by atoms with van der Waals surface area (Å²) in [6.07, 6.45) is 0. The van der Waals surface area contributed by atoms with Gasteiger partial charge >= 0.3 is 0 Å². The minimum absolute atomic E-state index is 0.179. The van der Waals surface area contributed by atoms with Crippen molar-refractivity contribution in [3.8, 4) is 0 Å². The summed E-state index contributed by atoms with van der Waals surface area (Å²) in [4.78, 5) is 19.1. The molecule has 2 rings (SSSR count). The van der Waals surface area contributed by atoms with E-state index in [9.17, 15) is 4.79 Å². The molecule has 0 saturated heterocycles. The highest BCUT2D eigenvalue weighted by Gasteiger charge is 2.17. The molecule has 0 fully saturated rings. The minimum Gasteiger partial charge on any atom is -0.376 e. The molecule has 0 aliphatic rings. The topological polar surface area (TPSA) is 57.8 Å². The fraction of sp³-hybridized carbons (Fsp3) is 0.286. The number of aromatic nitrogens is 2. The number of aromatic amines is 1. The Kier molecular flexibility index (Phi) is 4.81. The Balaban J connectivity index is 2.40. The zero-order valence-corrected chi connectivity index (χ0v) is 14.0. The van der Waals surface area contributed by atoms with E-state index in [0.717, 1.165) is 0 Å². The predicted octanol–water partition coefficient (Wildman–Crippen LogP) is 4.52. The van der Waals surface area contributed by atoms with Crippen molar-refractivity contribution in [2.45, 2.75) is 26.8 Å². The average Bonchev–Trinajstić information content (AvgIpc) is 2.32. The number of benzene rings is 1. The Morgan fingerprint density at radius 2 is 1.76 bits per heavy atom. The number of H-pyrrole nitrogens is 1. The third kappa shape index (κ3) is 3.51. The zero-order valence-electron chi connectivity index (χ0n) is 11.7. The van der Waals surface area contributed by atoms with Crippen LogP contribution in [0.1, 0.15) is 30.0 Å². The van der Waals surface area contributed by atoms with Gasteiger partial charge in [0, 0.05) is 5.02 Å². The summed E-state index contributed by atoms with van der Waals surface area (Å²) >= 11 is 18.2. The van der Waals surface area contributed by atoms with Crippen LogP contribution in [0.4, 0.5) is 5.69 Å². The lowest BCUT2D eigenvalue weighted by Gasteiger charge is -2.18. The zero-order chi connectivity index (χ0) is 15.7. The first-order chi connectivity index (χ1) is 9.79. The van der Waals surface area contributed by atoms with Crippen LogP contribution >= 0.6 is 34.8 Å². The van der Waals surface area contributed by atoms with E-state index in [-0.39, 0.29) is 11.6 Å². The van der Waals surface area contributed by atoms with Crippen LogP contribution < -0.4 is 10.9 Å². The summed E-state index contributed by atoms with van der Waals surface area (Å²) in [6.45, 7) is 5.37. The molecule has 4 nitrogen and oxygen atoms in total. The molecule has 0 radical (unpaired) electrons. The van der Waals surface area contributed by atoms with E-state index in [0.29, 0.717) is 37.8 Å². The van der Waals surface area contributed by atoms with E-state index >= 15 is 0 Å². The molecule has 0 amide bonds. The van der Waals surface area contributed by atoms with E-state index in [1.165, 1.54) is 0 Å². The summed E-state index contributed by atoms with van der Waals surface area (Å²) in [5, 5.41) is 4.39. The van der Waals surface area contributed by atoms with Gasteiger partial charge in [0.25, 0.3) is 5.56 Å². The lowest BCUT2D eigenvalue weighted by Crippen LogP contribution is -2.23. The van der Waals surface area contributed by atoms with Crippen molar-refractivity contribution in [3.05, 3.63) is 54.6 Å². The van der Waals surface area contributed by atoms with Gasteiger partial charge in [-0.3, -0.25) is 4.79 Å². The molecule has 0 aliphatic heterocycles. The fourth-order valence-corrected chi connectivity index (χ4v) is 3.14. The van der Waals surface area contributed by atoms with Crippen molar-refractivity contribution in [3.63, 3.8) is 0 Å². The molecule has 0 saturated carbocycles. The molecule has 2 aromatic rings. The van der Waals surface area contributed by atoms with E-state index in [1.807, 2.05) is 6.92 Å². The Morgan fingerprint density at radius 1 is 1.19 bits per heavy atom. The Labute approximate surface area is 137 Å². The predicted molar refractivity (Wildman–Crippen MR) is 87.8 cm³/mol. The van der Waals surface area contributed by atoms with Crippen molar-refractivity contribution in [1.29, 1.82) is 0 Å². The Hall–Kier alpha value is -1.23. The summed E-state index contributed by atoms with van der Waals surface area (Å²) in [5.41, 5.74) is 1.57. The number of hydrogen-bond acceptors (Lipinski definition) is 3. The monoisotopic (exact) mass is 345 g/mol. The minimum atomic E-state index is -0.307. The van der Waals surface area contributed by atoms with Crippen molar-refractivity contribution in [2.75, 3.05) is 5.32 Å². The number of halogens is 3. The third-order valence-electron chi connectivity index (χ3n) is 3.06. The molecule has 1 heterocycles. The second-order valence-electron chi connectivity index (χ2n) is 4.76. The van der Waals surface area contributed by atoms with Crippen LogP contribution in [0.5, 0.6) is 0 Å². The highest BCUT2D eigenvalue weighted by molar-refractivity contribution is 6.41. The van der Waals surface area contributed by atoms with Crippen molar-refractivity contribution >= 4 is 40.5 Å². The molecule has 1 unspecified atom stereocenters. The van der Waals surface area contributed by atoms with Gasteiger partial charge in [0.1, 0.15) is 5.82 Å². The standard InChI is InChI=1S/C14H14Cl3N3O/c1-6-12(14(21)20-8(3)18-6)7(2)19-13-10(16)4-9(15)5-11(13)17/h4-5,7,19H,1-3H3,(H,18,20,21). The van der Waals surface area contributed by atoms with Crippen LogP contribution in [0.25, 0.3) is 0 Å². The molecule has 2 N–H and O–H groups in total. The summed E-state index contributed by atoms with van der Waals surface area (Å²) in [7, 11) is 0. The smallest absolute Gasteiger partial charge is 0.256 e. The van der Waals surface area contributed by atoms with Crippen LogP contribution in [0.3, 0.4) is 0 Å². The second kappa shape index (κ2) is 6.26. The number of rotatable bonds is 3. The van der Waals surface area contributed by atoms with E-state index in [4.69, 9.17) is 34.8 Å². The molecular weight excluding hydrogens is 333 g/mol. The Bertz CT molecular complexity index is 720. The molecular formula is C14H14Cl3N3O. The maximum absolute atomic E-state index is 12.1. The SMILES string of the molecule is Cc1nc(C)c(C(C)Nc2c(Cl)cc(Cl)cc2Cl)c(=O)[nH]1. The summed E-state index contributed by atoms with van der Waals surface area (Å²) in [6, 6.07) is 2.88. The number of nitrogens with zero attached hydrogens (tertiary/aromatic N) is 1. The van der Waals surface area contributed by atoms with Gasteiger partial charge in [-0.2, -0.15) is 0 Å². The molecule has 0 bridgehead atoms. The van der Waals surface area contributed by atoms with Gasteiger partial charge in [-0.05, 0) is 32.9 Å². The Morgan fingerprint density at radius 3 is 2.29 bits per heavy atom. The van der Waals surface area contributed by atoms with Crippen LogP contribution in [-0.4, -0.2) is 9.97 Å². The van der Waals surface area contributed by atoms with Gasteiger partial charge in [-0.15, -0.1) is 0 Å². The number of aryl methyl sites for hydroxylation is 2. The van der Waals surface area contributed by atoms with E-state index in [2.05, 4.69) is 15.3 Å². The van der Waals surface area contributed by atoms with Gasteiger partial charge in [0.2, 0.25) is 0 Å². The normalized spacial score (nSPS) is 12.3. The summed E-state index contributed by atoms with van der Waals surface area (Å²) < 4.78 is 0. The van der Waals surface area contributed by atoms with E-state index in [1.54, 1.807) is 26.0 Å². The van der Waals surface area contributed by atoms with Crippen molar-refractivity contribution in [1.82, 2.24) is 9.97 Å². The average molecular weight is 347 g/mol. The molecule has 1 atom stereocenters. The first-order valence-electron chi connectivity index (χ1n) is 6.28. The van der Waals surface area contributed by atoms with Crippen LogP contribution in [0.15, 0.2) is 16.9 Å². The maximum atomic E-state index is 12.1. The molecule has 0 aliphatic carbocycles. The highest BCUT2D eigenvalue weighted by atomic mass is 35.5. The fourth-order valence-electron chi connectivity index (χ4n) is 2.21. The second-order valence-corrected chi connectivity index (χ2v) is 6.01. The number of anilines is 1. The molecule has 112 valence electrons. The van der Waals surface area contributed by atoms with Gasteiger partial charge < -0.3 is 10.3 Å². The molecule has 1 aromatic heterocycles. The van der Waals surface area contributed by atoms with Crippen LogP contribution in [-0.2, 0) is 0 Å². The number of hydrogen-bond donors (Lipinski definition) is 2. The van der Waals surface area contributed by atoms with E-state index < -0.39 is 0 Å². The van der Waals surface area contributed by atoms with Crippen molar-refractivity contribution in [2.24, 2.45) is 0 Å². The first-order valence-corrected chi connectivity index (χ1v) is 7.41. The molecule has 0 spiro atoms. The largest absolute Gasteiger partial charge is 0.376 e. The van der Waals surface area contributed by atoms with Crippen LogP contribution in [0, 0.1) is 13.8 Å². The third-order valence-corrected chi connectivity index (χ3v) is 3.88. The van der Waals surface area contributed by atoms with Gasteiger partial charge in [-0.25, -0.2) is 4.98 Å². The quantitative estimate of drug-likeness (QED) is 0.859. The lowest BCUT2D eigenvalue weighted by molar-refractivity contribution is 0.814. The van der Waals surface area contributed by atoms with Gasteiger partial charge in [0.05, 0.1) is 33.0 Å². The molecule has 21 heavy (non-hydrogen) atoms. The lowest BCUT2D eigenvalue weighted by atomic mass is 10.1.